The molecule has 4 rings (SSSR count). The highest BCUT2D eigenvalue weighted by Gasteiger charge is 2.19. The van der Waals surface area contributed by atoms with Gasteiger partial charge >= 0.3 is 5.97 Å². The second-order valence-corrected chi connectivity index (χ2v) is 10.9. The highest BCUT2D eigenvalue weighted by Crippen LogP contribution is 2.42. The first-order valence-electron chi connectivity index (χ1n) is 12.0. The Bertz CT molecular complexity index is 1650. The second-order valence-electron chi connectivity index (χ2n) is 8.80. The normalized spacial score (nSPS) is 11.5. The first-order chi connectivity index (χ1) is 18.6. The van der Waals surface area contributed by atoms with Crippen molar-refractivity contribution in [3.63, 3.8) is 0 Å². The molecule has 0 saturated heterocycles. The molecule has 0 atom stereocenters. The predicted octanol–water partition coefficient (Wildman–Crippen LogP) is 7.26. The van der Waals surface area contributed by atoms with Gasteiger partial charge in [0.2, 0.25) is 0 Å². The molecule has 0 unspecified atom stereocenters. The molecule has 0 spiro atoms. The molecular formula is C28H24Br2ClN3O5. The van der Waals surface area contributed by atoms with E-state index in [0.717, 1.165) is 4.47 Å². The summed E-state index contributed by atoms with van der Waals surface area (Å²) in [5.41, 5.74) is 1.67. The van der Waals surface area contributed by atoms with Gasteiger partial charge in [-0.2, -0.15) is 9.78 Å². The molecule has 0 amide bonds. The van der Waals surface area contributed by atoms with Crippen LogP contribution in [0, 0.1) is 0 Å². The van der Waals surface area contributed by atoms with Crippen molar-refractivity contribution in [1.82, 2.24) is 9.66 Å². The lowest BCUT2D eigenvalue weighted by atomic mass is 10.1. The summed E-state index contributed by atoms with van der Waals surface area (Å²) in [7, 11) is 0. The lowest BCUT2D eigenvalue weighted by molar-refractivity contribution is 0.0696. The van der Waals surface area contributed by atoms with E-state index in [1.54, 1.807) is 30.3 Å². The molecular weight excluding hydrogens is 654 g/mol. The monoisotopic (exact) mass is 675 g/mol. The first kappa shape index (κ1) is 28.8. The smallest absolute Gasteiger partial charge is 0.335 e. The minimum Gasteiger partial charge on any atom is -0.490 e. The van der Waals surface area contributed by atoms with Gasteiger partial charge in [0.25, 0.3) is 5.56 Å². The van der Waals surface area contributed by atoms with Crippen molar-refractivity contribution in [1.29, 1.82) is 0 Å². The van der Waals surface area contributed by atoms with E-state index in [1.807, 2.05) is 26.8 Å². The molecule has 202 valence electrons. The molecule has 3 aromatic carbocycles. The van der Waals surface area contributed by atoms with Gasteiger partial charge < -0.3 is 14.6 Å². The fourth-order valence-electron chi connectivity index (χ4n) is 3.82. The molecule has 0 aliphatic heterocycles. The Kier molecular flexibility index (Phi) is 9.09. The van der Waals surface area contributed by atoms with Crippen LogP contribution in [-0.4, -0.2) is 33.6 Å². The summed E-state index contributed by atoms with van der Waals surface area (Å²) in [6.07, 6.45) is 1.51. The zero-order valence-corrected chi connectivity index (χ0v) is 25.2. The molecule has 8 nitrogen and oxygen atoms in total. The number of halogens is 3. The maximum atomic E-state index is 13.4. The van der Waals surface area contributed by atoms with Crippen molar-refractivity contribution in [2.24, 2.45) is 5.10 Å². The van der Waals surface area contributed by atoms with Crippen LogP contribution in [0.4, 0.5) is 0 Å². The minimum absolute atomic E-state index is 0.0654. The molecule has 0 aliphatic rings. The molecule has 0 aliphatic carbocycles. The van der Waals surface area contributed by atoms with Gasteiger partial charge in [0.1, 0.15) is 17.5 Å². The Morgan fingerprint density at radius 2 is 1.95 bits per heavy atom. The predicted molar refractivity (Wildman–Crippen MR) is 159 cm³/mol. The zero-order chi connectivity index (χ0) is 28.3. The van der Waals surface area contributed by atoms with Crippen LogP contribution in [0.5, 0.6) is 11.5 Å². The molecule has 1 heterocycles. The number of carbonyl (C=O) groups is 1. The third kappa shape index (κ3) is 6.34. The SMILES string of the molecule is CCOc1cc(C=Nn2c(C(C)C)nc3ccc(Br)cc3c2=O)c(Br)c(Cl)c1OCc1cccc(C(=O)O)c1. The molecule has 0 fully saturated rings. The highest BCUT2D eigenvalue weighted by molar-refractivity contribution is 9.10. The average Bonchev–Trinajstić information content (AvgIpc) is 2.90. The zero-order valence-electron chi connectivity index (χ0n) is 21.2. The lowest BCUT2D eigenvalue weighted by Crippen LogP contribution is -2.23. The summed E-state index contributed by atoms with van der Waals surface area (Å²) < 4.78 is 14.3. The van der Waals surface area contributed by atoms with E-state index in [9.17, 15) is 14.7 Å². The number of ether oxygens (including phenoxy) is 2. The van der Waals surface area contributed by atoms with E-state index in [0.29, 0.717) is 50.4 Å². The first-order valence-corrected chi connectivity index (χ1v) is 13.9. The van der Waals surface area contributed by atoms with Gasteiger partial charge in [-0.05, 0) is 64.8 Å². The molecule has 0 bridgehead atoms. The number of benzene rings is 3. The van der Waals surface area contributed by atoms with Crippen LogP contribution < -0.4 is 15.0 Å². The third-order valence-corrected chi connectivity index (χ3v) is 7.61. The average molecular weight is 678 g/mol. The Hall–Kier alpha value is -3.21. The fourth-order valence-corrected chi connectivity index (χ4v) is 4.83. The fraction of sp³-hybridized carbons (Fsp3) is 0.214. The maximum Gasteiger partial charge on any atom is 0.335 e. The van der Waals surface area contributed by atoms with Gasteiger partial charge in [0.05, 0.1) is 29.3 Å². The summed E-state index contributed by atoms with van der Waals surface area (Å²) in [6, 6.07) is 13.5. The number of carboxylic acid groups (broad SMARTS) is 1. The van der Waals surface area contributed by atoms with Crippen molar-refractivity contribution in [2.75, 3.05) is 6.61 Å². The molecule has 0 radical (unpaired) electrons. The summed E-state index contributed by atoms with van der Waals surface area (Å²) in [6.45, 7) is 6.14. The van der Waals surface area contributed by atoms with Crippen molar-refractivity contribution in [3.8, 4) is 11.5 Å². The number of nitrogens with zero attached hydrogens (tertiary/aromatic N) is 3. The summed E-state index contributed by atoms with van der Waals surface area (Å²) in [5.74, 6) is 0.0931. The third-order valence-electron chi connectivity index (χ3n) is 5.67. The summed E-state index contributed by atoms with van der Waals surface area (Å²) in [5, 5.41) is 14.4. The number of hydrogen-bond acceptors (Lipinski definition) is 6. The van der Waals surface area contributed by atoms with Crippen molar-refractivity contribution < 1.29 is 19.4 Å². The standard InChI is InChI=1S/C28H24Br2ClN3O5/c1-4-38-22-11-18(23(30)24(31)25(22)39-14-16-6-5-7-17(10-16)28(36)37)13-32-34-26(15(2)3)33-21-9-8-19(29)12-20(21)27(34)35/h5-13,15H,4,14H2,1-3H3,(H,36,37). The van der Waals surface area contributed by atoms with Crippen molar-refractivity contribution >= 4 is 66.5 Å². The van der Waals surface area contributed by atoms with E-state index >= 15 is 0 Å². The van der Waals surface area contributed by atoms with E-state index in [1.165, 1.54) is 23.0 Å². The number of aromatic nitrogens is 2. The van der Waals surface area contributed by atoms with E-state index < -0.39 is 5.97 Å². The largest absolute Gasteiger partial charge is 0.490 e. The van der Waals surface area contributed by atoms with Gasteiger partial charge in [-0.15, -0.1) is 0 Å². The van der Waals surface area contributed by atoms with Crippen LogP contribution in [0.2, 0.25) is 5.02 Å². The quantitative estimate of drug-likeness (QED) is 0.187. The van der Waals surface area contributed by atoms with Gasteiger partial charge in [-0.3, -0.25) is 4.79 Å². The van der Waals surface area contributed by atoms with Crippen molar-refractivity contribution in [2.45, 2.75) is 33.3 Å². The molecule has 4 aromatic rings. The van der Waals surface area contributed by atoms with Crippen LogP contribution in [0.1, 0.15) is 54.0 Å². The van der Waals surface area contributed by atoms with E-state index in [4.69, 9.17) is 21.1 Å². The number of aromatic carboxylic acids is 1. The number of rotatable bonds is 9. The maximum absolute atomic E-state index is 13.4. The number of fused-ring (bicyclic) bond motifs is 1. The van der Waals surface area contributed by atoms with Gasteiger partial charge in [0.15, 0.2) is 11.5 Å². The Morgan fingerprint density at radius 3 is 2.64 bits per heavy atom. The van der Waals surface area contributed by atoms with Crippen molar-refractivity contribution in [3.05, 3.63) is 95.4 Å². The molecule has 1 N–H and O–H groups in total. The lowest BCUT2D eigenvalue weighted by Gasteiger charge is -2.16. The van der Waals surface area contributed by atoms with E-state index in [-0.39, 0.29) is 28.7 Å². The number of hydrogen-bond donors (Lipinski definition) is 1. The van der Waals surface area contributed by atoms with Gasteiger partial charge in [-0.1, -0.05) is 53.5 Å². The Balaban J connectivity index is 1.73. The van der Waals surface area contributed by atoms with Gasteiger partial charge in [-0.25, -0.2) is 9.78 Å². The molecule has 0 saturated carbocycles. The topological polar surface area (TPSA) is 103 Å². The highest BCUT2D eigenvalue weighted by atomic mass is 79.9. The van der Waals surface area contributed by atoms with Crippen LogP contribution in [0.3, 0.4) is 0 Å². The molecule has 39 heavy (non-hydrogen) atoms. The van der Waals surface area contributed by atoms with Crippen LogP contribution >= 0.6 is 43.5 Å². The van der Waals surface area contributed by atoms with Crippen LogP contribution in [0.25, 0.3) is 10.9 Å². The van der Waals surface area contributed by atoms with Crippen LogP contribution in [-0.2, 0) is 6.61 Å². The van der Waals surface area contributed by atoms with E-state index in [2.05, 4.69) is 41.9 Å². The summed E-state index contributed by atoms with van der Waals surface area (Å²) >= 11 is 13.6. The summed E-state index contributed by atoms with van der Waals surface area (Å²) in [4.78, 5) is 29.3. The Morgan fingerprint density at radius 1 is 1.18 bits per heavy atom. The molecule has 11 heteroatoms. The number of carboxylic acids is 1. The molecule has 1 aromatic heterocycles. The minimum atomic E-state index is -1.02. The van der Waals surface area contributed by atoms with Gasteiger partial charge in [0, 0.05) is 20.4 Å². The Labute approximate surface area is 246 Å². The van der Waals surface area contributed by atoms with Crippen LogP contribution in [0.15, 0.2) is 67.4 Å². The second kappa shape index (κ2) is 12.3.